The summed E-state index contributed by atoms with van der Waals surface area (Å²) in [5.74, 6) is 0.622. The third-order valence-electron chi connectivity index (χ3n) is 4.63. The van der Waals surface area contributed by atoms with Crippen LogP contribution in [0.5, 0.6) is 0 Å². The summed E-state index contributed by atoms with van der Waals surface area (Å²) >= 11 is 0. The van der Waals surface area contributed by atoms with Crippen LogP contribution in [-0.4, -0.2) is 48.9 Å². The lowest BCUT2D eigenvalue weighted by Crippen LogP contribution is -2.46. The average molecular weight is 250 g/mol. The quantitative estimate of drug-likeness (QED) is 0.702. The Morgan fingerprint density at radius 1 is 1.22 bits per heavy atom. The number of carbonyl (C=O) groups excluding carboxylic acids is 1. The normalized spacial score (nSPS) is 24.2. The second-order valence-electron chi connectivity index (χ2n) is 6.01. The van der Waals surface area contributed by atoms with Crippen LogP contribution < -0.4 is 0 Å². The van der Waals surface area contributed by atoms with E-state index >= 15 is 0 Å². The molecule has 1 saturated heterocycles. The number of hydrogen-bond donors (Lipinski definition) is 0. The van der Waals surface area contributed by atoms with Crippen LogP contribution in [0.15, 0.2) is 12.2 Å². The van der Waals surface area contributed by atoms with Crippen molar-refractivity contribution < 1.29 is 4.79 Å². The third-order valence-corrected chi connectivity index (χ3v) is 4.63. The van der Waals surface area contributed by atoms with Crippen molar-refractivity contribution >= 4 is 5.91 Å². The summed E-state index contributed by atoms with van der Waals surface area (Å²) in [7, 11) is 4.16. The Bertz CT molecular complexity index is 308. The number of hydrogen-bond acceptors (Lipinski definition) is 2. The van der Waals surface area contributed by atoms with E-state index in [1.165, 1.54) is 5.57 Å². The van der Waals surface area contributed by atoms with Crippen molar-refractivity contribution in [2.45, 2.75) is 44.6 Å². The zero-order valence-corrected chi connectivity index (χ0v) is 11.8. The number of allylic oxidation sites excluding steroid dienone is 1. The van der Waals surface area contributed by atoms with Crippen molar-refractivity contribution in [2.75, 3.05) is 27.2 Å². The number of rotatable bonds is 2. The fraction of sp³-hybridized carbons (Fsp3) is 0.800. The number of nitrogens with zero attached hydrogens (tertiary/aromatic N) is 2. The van der Waals surface area contributed by atoms with Crippen LogP contribution in [0, 0.1) is 5.92 Å². The van der Waals surface area contributed by atoms with E-state index < -0.39 is 0 Å². The van der Waals surface area contributed by atoms with Gasteiger partial charge < -0.3 is 9.80 Å². The maximum Gasteiger partial charge on any atom is 0.225 e. The molecule has 0 aromatic rings. The van der Waals surface area contributed by atoms with Crippen molar-refractivity contribution in [3.8, 4) is 0 Å². The van der Waals surface area contributed by atoms with E-state index in [1.807, 2.05) is 11.9 Å². The summed E-state index contributed by atoms with van der Waals surface area (Å²) in [6, 6.07) is 0.457. The standard InChI is InChI=1S/C15H26N2O/c1-12-4-6-13(7-5-12)15(18)17(3)14-8-10-16(2)11-9-14/h13-14H,1,4-11H2,2-3H3. The molecule has 2 rings (SSSR count). The summed E-state index contributed by atoms with van der Waals surface area (Å²) in [6.07, 6.45) is 6.34. The highest BCUT2D eigenvalue weighted by Gasteiger charge is 2.30. The smallest absolute Gasteiger partial charge is 0.225 e. The van der Waals surface area contributed by atoms with Crippen LogP contribution in [0.25, 0.3) is 0 Å². The molecule has 0 N–H and O–H groups in total. The summed E-state index contributed by atoms with van der Waals surface area (Å²) in [4.78, 5) is 16.8. The molecule has 0 unspecified atom stereocenters. The highest BCUT2D eigenvalue weighted by Crippen LogP contribution is 2.29. The lowest BCUT2D eigenvalue weighted by molar-refractivity contribution is -0.137. The van der Waals surface area contributed by atoms with E-state index in [2.05, 4.69) is 18.5 Å². The Morgan fingerprint density at radius 2 is 1.78 bits per heavy atom. The van der Waals surface area contributed by atoms with Gasteiger partial charge in [0.05, 0.1) is 0 Å². The van der Waals surface area contributed by atoms with Crippen LogP contribution >= 0.6 is 0 Å². The minimum Gasteiger partial charge on any atom is -0.342 e. The van der Waals surface area contributed by atoms with Gasteiger partial charge in [0.15, 0.2) is 0 Å². The van der Waals surface area contributed by atoms with Crippen molar-refractivity contribution in [1.82, 2.24) is 9.80 Å². The van der Waals surface area contributed by atoms with Crippen LogP contribution in [0.2, 0.25) is 0 Å². The topological polar surface area (TPSA) is 23.6 Å². The van der Waals surface area contributed by atoms with E-state index in [-0.39, 0.29) is 5.92 Å². The van der Waals surface area contributed by atoms with E-state index in [4.69, 9.17) is 0 Å². The minimum absolute atomic E-state index is 0.250. The summed E-state index contributed by atoms with van der Waals surface area (Å²) in [6.45, 7) is 6.25. The first-order chi connectivity index (χ1) is 8.58. The lowest BCUT2D eigenvalue weighted by atomic mass is 9.85. The van der Waals surface area contributed by atoms with Gasteiger partial charge >= 0.3 is 0 Å². The predicted octanol–water partition coefficient (Wildman–Crippen LogP) is 2.29. The Balaban J connectivity index is 1.86. The Kier molecular flexibility index (Phi) is 4.44. The molecule has 1 aliphatic heterocycles. The molecule has 1 heterocycles. The molecule has 102 valence electrons. The first kappa shape index (κ1) is 13.6. The summed E-state index contributed by atoms with van der Waals surface area (Å²) in [5, 5.41) is 0. The second-order valence-corrected chi connectivity index (χ2v) is 6.01. The molecular weight excluding hydrogens is 224 g/mol. The van der Waals surface area contributed by atoms with Gasteiger partial charge in [0.2, 0.25) is 5.91 Å². The molecule has 18 heavy (non-hydrogen) atoms. The van der Waals surface area contributed by atoms with Crippen LogP contribution in [0.3, 0.4) is 0 Å². The largest absolute Gasteiger partial charge is 0.342 e. The SMILES string of the molecule is C=C1CCC(C(=O)N(C)C2CCN(C)CC2)CC1. The van der Waals surface area contributed by atoms with Gasteiger partial charge in [-0.1, -0.05) is 12.2 Å². The Labute approximate surface area is 111 Å². The molecule has 0 radical (unpaired) electrons. The van der Waals surface area contributed by atoms with Gasteiger partial charge in [0, 0.05) is 19.0 Å². The first-order valence-corrected chi connectivity index (χ1v) is 7.20. The van der Waals surface area contributed by atoms with Crippen molar-refractivity contribution in [2.24, 2.45) is 5.92 Å². The average Bonchev–Trinajstić information content (AvgIpc) is 2.39. The molecule has 0 bridgehead atoms. The van der Waals surface area contributed by atoms with Crippen molar-refractivity contribution in [3.05, 3.63) is 12.2 Å². The van der Waals surface area contributed by atoms with Gasteiger partial charge in [-0.2, -0.15) is 0 Å². The van der Waals surface area contributed by atoms with Crippen LogP contribution in [0.4, 0.5) is 0 Å². The lowest BCUT2D eigenvalue weighted by Gasteiger charge is -2.37. The zero-order chi connectivity index (χ0) is 13.1. The Morgan fingerprint density at radius 3 is 2.33 bits per heavy atom. The van der Waals surface area contributed by atoms with E-state index in [9.17, 15) is 4.79 Å². The molecule has 3 nitrogen and oxygen atoms in total. The monoisotopic (exact) mass is 250 g/mol. The minimum atomic E-state index is 0.250. The molecule has 0 atom stereocenters. The molecule has 1 saturated carbocycles. The molecule has 0 aromatic carbocycles. The van der Waals surface area contributed by atoms with Gasteiger partial charge in [0.25, 0.3) is 0 Å². The maximum atomic E-state index is 12.5. The summed E-state index contributed by atoms with van der Waals surface area (Å²) < 4.78 is 0. The highest BCUT2D eigenvalue weighted by molar-refractivity contribution is 5.79. The molecule has 2 aliphatic rings. The van der Waals surface area contributed by atoms with Gasteiger partial charge in [-0.25, -0.2) is 0 Å². The second kappa shape index (κ2) is 5.87. The fourth-order valence-corrected chi connectivity index (χ4v) is 3.12. The summed E-state index contributed by atoms with van der Waals surface area (Å²) in [5.41, 5.74) is 1.32. The zero-order valence-electron chi connectivity index (χ0n) is 11.8. The highest BCUT2D eigenvalue weighted by atomic mass is 16.2. The van der Waals surface area contributed by atoms with Crippen LogP contribution in [0.1, 0.15) is 38.5 Å². The maximum absolute atomic E-state index is 12.5. The fourth-order valence-electron chi connectivity index (χ4n) is 3.12. The number of piperidine rings is 1. The van der Waals surface area contributed by atoms with Gasteiger partial charge in [-0.15, -0.1) is 0 Å². The predicted molar refractivity (Wildman–Crippen MR) is 74.4 cm³/mol. The van der Waals surface area contributed by atoms with Crippen molar-refractivity contribution in [3.63, 3.8) is 0 Å². The molecule has 1 amide bonds. The number of carbonyl (C=O) groups is 1. The molecule has 3 heteroatoms. The first-order valence-electron chi connectivity index (χ1n) is 7.20. The molecule has 0 aromatic heterocycles. The Hall–Kier alpha value is -0.830. The van der Waals surface area contributed by atoms with E-state index in [0.717, 1.165) is 51.6 Å². The van der Waals surface area contributed by atoms with E-state index in [0.29, 0.717) is 11.9 Å². The number of amides is 1. The molecule has 2 fully saturated rings. The molecule has 1 aliphatic carbocycles. The number of likely N-dealkylation sites (tertiary alicyclic amines) is 1. The van der Waals surface area contributed by atoms with E-state index in [1.54, 1.807) is 0 Å². The molecular formula is C15H26N2O. The molecule has 0 spiro atoms. The van der Waals surface area contributed by atoms with Crippen LogP contribution in [-0.2, 0) is 4.79 Å². The third kappa shape index (κ3) is 3.14. The van der Waals surface area contributed by atoms with Gasteiger partial charge in [-0.3, -0.25) is 4.79 Å². The van der Waals surface area contributed by atoms with Crippen molar-refractivity contribution in [1.29, 1.82) is 0 Å². The van der Waals surface area contributed by atoms with Gasteiger partial charge in [0.1, 0.15) is 0 Å². The van der Waals surface area contributed by atoms with Gasteiger partial charge in [-0.05, 0) is 58.7 Å².